The fourth-order valence-corrected chi connectivity index (χ4v) is 2.86. The summed E-state index contributed by atoms with van der Waals surface area (Å²) >= 11 is 0. The van der Waals surface area contributed by atoms with Crippen LogP contribution < -0.4 is 5.56 Å². The Kier molecular flexibility index (Phi) is 3.29. The molecule has 0 bridgehead atoms. The number of nitrogens with zero attached hydrogens (tertiary/aromatic N) is 4. The second kappa shape index (κ2) is 5.09. The van der Waals surface area contributed by atoms with Gasteiger partial charge in [0.25, 0.3) is 5.56 Å². The first-order chi connectivity index (χ1) is 9.29. The number of likely N-dealkylation sites (tertiary alicyclic amines) is 1. The van der Waals surface area contributed by atoms with E-state index in [1.165, 1.54) is 6.42 Å². The van der Waals surface area contributed by atoms with Gasteiger partial charge in [0, 0.05) is 18.8 Å². The van der Waals surface area contributed by atoms with E-state index in [0.29, 0.717) is 23.6 Å². The molecule has 0 amide bonds. The summed E-state index contributed by atoms with van der Waals surface area (Å²) in [6.45, 7) is 5.06. The third-order valence-corrected chi connectivity index (χ3v) is 3.90. The smallest absolute Gasteiger partial charge is 0.279 e. The van der Waals surface area contributed by atoms with Crippen molar-refractivity contribution in [1.29, 1.82) is 0 Å². The predicted molar refractivity (Wildman–Crippen MR) is 74.1 cm³/mol. The zero-order valence-corrected chi connectivity index (χ0v) is 11.1. The van der Waals surface area contributed by atoms with Crippen molar-refractivity contribution in [2.24, 2.45) is 0 Å². The minimum Gasteiger partial charge on any atom is -0.299 e. The SMILES string of the molecule is CCN1CCC[C@H]1Cn1cnc2cccnc2c1=O. The van der Waals surface area contributed by atoms with Gasteiger partial charge in [-0.05, 0) is 38.1 Å². The summed E-state index contributed by atoms with van der Waals surface area (Å²) in [6, 6.07) is 4.07. The Morgan fingerprint density at radius 1 is 1.42 bits per heavy atom. The second-order valence-corrected chi connectivity index (χ2v) is 5.00. The van der Waals surface area contributed by atoms with Crippen molar-refractivity contribution in [3.63, 3.8) is 0 Å². The van der Waals surface area contributed by atoms with E-state index < -0.39 is 0 Å². The molecule has 0 saturated carbocycles. The normalized spacial score (nSPS) is 20.2. The lowest BCUT2D eigenvalue weighted by Gasteiger charge is -2.23. The molecular formula is C14H18N4O. The summed E-state index contributed by atoms with van der Waals surface area (Å²) in [4.78, 5) is 23.2. The van der Waals surface area contributed by atoms with Gasteiger partial charge in [-0.3, -0.25) is 14.3 Å². The molecule has 1 aliphatic rings. The van der Waals surface area contributed by atoms with Crippen molar-refractivity contribution in [2.75, 3.05) is 13.1 Å². The molecule has 1 aliphatic heterocycles. The molecule has 0 aliphatic carbocycles. The molecule has 0 radical (unpaired) electrons. The maximum Gasteiger partial charge on any atom is 0.279 e. The Hall–Kier alpha value is -1.75. The van der Waals surface area contributed by atoms with Gasteiger partial charge in [0.05, 0.1) is 11.8 Å². The largest absolute Gasteiger partial charge is 0.299 e. The van der Waals surface area contributed by atoms with Crippen LogP contribution in [0.25, 0.3) is 11.0 Å². The maximum absolute atomic E-state index is 12.4. The Labute approximate surface area is 111 Å². The van der Waals surface area contributed by atoms with Crippen LogP contribution in [0.3, 0.4) is 0 Å². The molecule has 0 N–H and O–H groups in total. The second-order valence-electron chi connectivity index (χ2n) is 5.00. The molecule has 3 rings (SSSR count). The van der Waals surface area contributed by atoms with Crippen LogP contribution in [0.15, 0.2) is 29.5 Å². The summed E-state index contributed by atoms with van der Waals surface area (Å²) < 4.78 is 1.70. The lowest BCUT2D eigenvalue weighted by molar-refractivity contribution is 0.242. The molecule has 0 spiro atoms. The van der Waals surface area contributed by atoms with Gasteiger partial charge in [-0.2, -0.15) is 0 Å². The average Bonchev–Trinajstić information content (AvgIpc) is 2.89. The predicted octanol–water partition coefficient (Wildman–Crippen LogP) is 1.28. The molecular weight excluding hydrogens is 240 g/mol. The quantitative estimate of drug-likeness (QED) is 0.832. The molecule has 2 aromatic rings. The minimum atomic E-state index is -0.0337. The Balaban J connectivity index is 1.93. The molecule has 19 heavy (non-hydrogen) atoms. The topological polar surface area (TPSA) is 51.0 Å². The zero-order chi connectivity index (χ0) is 13.2. The third kappa shape index (κ3) is 2.26. The van der Waals surface area contributed by atoms with Gasteiger partial charge in [0.2, 0.25) is 0 Å². The number of rotatable bonds is 3. The van der Waals surface area contributed by atoms with Gasteiger partial charge < -0.3 is 0 Å². The van der Waals surface area contributed by atoms with E-state index in [4.69, 9.17) is 0 Å². The van der Waals surface area contributed by atoms with Crippen molar-refractivity contribution < 1.29 is 0 Å². The highest BCUT2D eigenvalue weighted by Gasteiger charge is 2.23. The molecule has 100 valence electrons. The van der Waals surface area contributed by atoms with E-state index in [2.05, 4.69) is 21.8 Å². The number of hydrogen-bond acceptors (Lipinski definition) is 4. The van der Waals surface area contributed by atoms with Crippen LogP contribution >= 0.6 is 0 Å². The third-order valence-electron chi connectivity index (χ3n) is 3.90. The van der Waals surface area contributed by atoms with Crippen molar-refractivity contribution >= 4 is 11.0 Å². The van der Waals surface area contributed by atoms with Gasteiger partial charge >= 0.3 is 0 Å². The summed E-state index contributed by atoms with van der Waals surface area (Å²) in [5.74, 6) is 0. The lowest BCUT2D eigenvalue weighted by atomic mass is 10.2. The molecule has 5 nitrogen and oxygen atoms in total. The van der Waals surface area contributed by atoms with Gasteiger partial charge in [0.1, 0.15) is 0 Å². The summed E-state index contributed by atoms with van der Waals surface area (Å²) in [7, 11) is 0. The molecule has 3 heterocycles. The first-order valence-electron chi connectivity index (χ1n) is 6.84. The van der Waals surface area contributed by atoms with E-state index in [0.717, 1.165) is 19.5 Å². The number of fused-ring (bicyclic) bond motifs is 1. The van der Waals surface area contributed by atoms with E-state index in [-0.39, 0.29) is 5.56 Å². The fourth-order valence-electron chi connectivity index (χ4n) is 2.86. The summed E-state index contributed by atoms with van der Waals surface area (Å²) in [5, 5.41) is 0. The maximum atomic E-state index is 12.4. The molecule has 0 unspecified atom stereocenters. The highest BCUT2D eigenvalue weighted by atomic mass is 16.1. The molecule has 1 fully saturated rings. The molecule has 0 aromatic carbocycles. The van der Waals surface area contributed by atoms with E-state index in [9.17, 15) is 4.79 Å². The Morgan fingerprint density at radius 2 is 2.32 bits per heavy atom. The number of likely N-dealkylation sites (N-methyl/N-ethyl adjacent to an activating group) is 1. The molecule has 2 aromatic heterocycles. The molecule has 5 heteroatoms. The summed E-state index contributed by atoms with van der Waals surface area (Å²) in [6.07, 6.45) is 5.66. The molecule has 1 saturated heterocycles. The van der Waals surface area contributed by atoms with Crippen molar-refractivity contribution in [1.82, 2.24) is 19.4 Å². The first kappa shape index (κ1) is 12.3. The average molecular weight is 258 g/mol. The van der Waals surface area contributed by atoms with Gasteiger partial charge in [-0.15, -0.1) is 0 Å². The van der Waals surface area contributed by atoms with Crippen LogP contribution in [0.5, 0.6) is 0 Å². The van der Waals surface area contributed by atoms with Crippen molar-refractivity contribution in [2.45, 2.75) is 32.4 Å². The van der Waals surface area contributed by atoms with E-state index in [1.54, 1.807) is 23.2 Å². The van der Waals surface area contributed by atoms with Crippen molar-refractivity contribution in [3.05, 3.63) is 35.0 Å². The van der Waals surface area contributed by atoms with Gasteiger partial charge in [-0.1, -0.05) is 6.92 Å². The standard InChI is InChI=1S/C14H18N4O/c1-2-17-8-4-5-11(17)9-18-10-16-12-6-3-7-15-13(12)14(18)19/h3,6-7,10-11H,2,4-5,8-9H2,1H3/t11-/m0/s1. The molecule has 1 atom stereocenters. The highest BCUT2D eigenvalue weighted by molar-refractivity contribution is 5.71. The van der Waals surface area contributed by atoms with Crippen LogP contribution in [-0.4, -0.2) is 38.6 Å². The van der Waals surface area contributed by atoms with Crippen molar-refractivity contribution in [3.8, 4) is 0 Å². The van der Waals surface area contributed by atoms with Gasteiger partial charge in [-0.25, -0.2) is 9.97 Å². The van der Waals surface area contributed by atoms with E-state index >= 15 is 0 Å². The number of aromatic nitrogens is 3. The Bertz CT molecular complexity index is 637. The van der Waals surface area contributed by atoms with Crippen LogP contribution in [0.2, 0.25) is 0 Å². The van der Waals surface area contributed by atoms with Crippen LogP contribution in [0.4, 0.5) is 0 Å². The number of pyridine rings is 1. The zero-order valence-electron chi connectivity index (χ0n) is 11.1. The highest BCUT2D eigenvalue weighted by Crippen LogP contribution is 2.17. The Morgan fingerprint density at radius 3 is 3.16 bits per heavy atom. The van der Waals surface area contributed by atoms with E-state index in [1.807, 2.05) is 6.07 Å². The minimum absolute atomic E-state index is 0.0337. The van der Waals surface area contributed by atoms with Gasteiger partial charge in [0.15, 0.2) is 5.52 Å². The van der Waals surface area contributed by atoms with Crippen LogP contribution in [0.1, 0.15) is 19.8 Å². The monoisotopic (exact) mass is 258 g/mol. The van der Waals surface area contributed by atoms with Crippen LogP contribution in [0, 0.1) is 0 Å². The summed E-state index contributed by atoms with van der Waals surface area (Å²) in [5.41, 5.74) is 1.10. The fraction of sp³-hybridized carbons (Fsp3) is 0.500. The lowest BCUT2D eigenvalue weighted by Crippen LogP contribution is -2.36. The number of hydrogen-bond donors (Lipinski definition) is 0. The van der Waals surface area contributed by atoms with Crippen LogP contribution in [-0.2, 0) is 6.54 Å². The first-order valence-corrected chi connectivity index (χ1v) is 6.84.